The first-order valence-electron chi connectivity index (χ1n) is 5.75. The van der Waals surface area contributed by atoms with Crippen molar-refractivity contribution >= 4 is 15.9 Å². The van der Waals surface area contributed by atoms with Crippen molar-refractivity contribution in [2.24, 2.45) is 0 Å². The van der Waals surface area contributed by atoms with E-state index in [1.807, 2.05) is 31.2 Å². The van der Waals surface area contributed by atoms with Crippen LogP contribution in [0.2, 0.25) is 0 Å². The van der Waals surface area contributed by atoms with Crippen LogP contribution in [0.15, 0.2) is 46.9 Å². The number of halogens is 2. The molecule has 0 aliphatic heterocycles. The summed E-state index contributed by atoms with van der Waals surface area (Å²) in [7, 11) is 0. The predicted octanol–water partition coefficient (Wildman–Crippen LogP) is 4.17. The average molecular weight is 309 g/mol. The van der Waals surface area contributed by atoms with Crippen molar-refractivity contribution in [3.8, 4) is 0 Å². The van der Waals surface area contributed by atoms with Gasteiger partial charge in [0.2, 0.25) is 0 Å². The highest BCUT2D eigenvalue weighted by Gasteiger charge is 2.11. The Hall–Kier alpha value is -1.19. The first-order chi connectivity index (χ1) is 8.56. The lowest BCUT2D eigenvalue weighted by atomic mass is 9.98. The van der Waals surface area contributed by atoms with E-state index in [1.165, 1.54) is 12.1 Å². The summed E-state index contributed by atoms with van der Waals surface area (Å²) in [5.74, 6) is -0.271. The van der Waals surface area contributed by atoms with Gasteiger partial charge in [-0.05, 0) is 47.9 Å². The lowest BCUT2D eigenvalue weighted by Crippen LogP contribution is -2.04. The molecule has 0 amide bonds. The molecule has 0 saturated carbocycles. The van der Waals surface area contributed by atoms with Crippen molar-refractivity contribution in [3.05, 3.63) is 69.4 Å². The number of aryl methyl sites for hydroxylation is 1. The number of hydrogen-bond donors (Lipinski definition) is 1. The fourth-order valence-corrected chi connectivity index (χ4v) is 2.23. The molecule has 2 aromatic rings. The molecule has 0 fully saturated rings. The Morgan fingerprint density at radius 1 is 1.17 bits per heavy atom. The second-order valence-corrected chi connectivity index (χ2v) is 5.26. The van der Waals surface area contributed by atoms with Crippen LogP contribution in [-0.2, 0) is 6.42 Å². The van der Waals surface area contributed by atoms with Crippen LogP contribution in [0.25, 0.3) is 0 Å². The molecule has 0 aliphatic carbocycles. The van der Waals surface area contributed by atoms with Crippen LogP contribution in [0, 0.1) is 12.7 Å². The number of hydrogen-bond acceptors (Lipinski definition) is 1. The van der Waals surface area contributed by atoms with E-state index >= 15 is 0 Å². The van der Waals surface area contributed by atoms with Crippen molar-refractivity contribution in [1.82, 2.24) is 0 Å². The first-order valence-corrected chi connectivity index (χ1v) is 6.54. The zero-order valence-electron chi connectivity index (χ0n) is 10.0. The van der Waals surface area contributed by atoms with Gasteiger partial charge in [-0.15, -0.1) is 0 Å². The molecule has 1 nitrogen and oxygen atoms in total. The maximum atomic E-state index is 13.0. The van der Waals surface area contributed by atoms with Crippen molar-refractivity contribution < 1.29 is 9.50 Å². The molecule has 0 radical (unpaired) electrons. The molecule has 2 aromatic carbocycles. The SMILES string of the molecule is Cc1cc(F)ccc1C(O)Cc1ccc(Br)cc1. The second kappa shape index (κ2) is 5.63. The van der Waals surface area contributed by atoms with Crippen molar-refractivity contribution in [2.45, 2.75) is 19.4 Å². The standard InChI is InChI=1S/C15H14BrFO/c1-10-8-13(17)6-7-14(10)15(18)9-11-2-4-12(16)5-3-11/h2-8,15,18H,9H2,1H3. The molecular formula is C15H14BrFO. The number of rotatable bonds is 3. The van der Waals surface area contributed by atoms with Gasteiger partial charge in [-0.25, -0.2) is 4.39 Å². The van der Waals surface area contributed by atoms with E-state index in [0.29, 0.717) is 6.42 Å². The Kier molecular flexibility index (Phi) is 4.15. The molecule has 0 spiro atoms. The summed E-state index contributed by atoms with van der Waals surface area (Å²) >= 11 is 3.37. The monoisotopic (exact) mass is 308 g/mol. The zero-order valence-corrected chi connectivity index (χ0v) is 11.6. The minimum Gasteiger partial charge on any atom is -0.388 e. The Balaban J connectivity index is 2.16. The first kappa shape index (κ1) is 13.2. The molecular weight excluding hydrogens is 295 g/mol. The summed E-state index contributed by atoms with van der Waals surface area (Å²) in [5, 5.41) is 10.2. The third-order valence-corrected chi connectivity index (χ3v) is 3.46. The minimum atomic E-state index is -0.605. The molecule has 3 heteroatoms. The third-order valence-electron chi connectivity index (χ3n) is 2.93. The Bertz CT molecular complexity index is 537. The highest BCUT2D eigenvalue weighted by molar-refractivity contribution is 9.10. The van der Waals surface area contributed by atoms with Gasteiger partial charge in [-0.1, -0.05) is 34.1 Å². The van der Waals surface area contributed by atoms with Gasteiger partial charge in [0.05, 0.1) is 6.10 Å². The lowest BCUT2D eigenvalue weighted by Gasteiger charge is -2.14. The molecule has 0 heterocycles. The van der Waals surface area contributed by atoms with E-state index in [0.717, 1.165) is 21.2 Å². The fraction of sp³-hybridized carbons (Fsp3) is 0.200. The number of aliphatic hydroxyl groups is 1. The van der Waals surface area contributed by atoms with Crippen molar-refractivity contribution in [2.75, 3.05) is 0 Å². The summed E-state index contributed by atoms with van der Waals surface area (Å²) in [6, 6.07) is 12.3. The van der Waals surface area contributed by atoms with Crippen LogP contribution < -0.4 is 0 Å². The van der Waals surface area contributed by atoms with Crippen LogP contribution in [-0.4, -0.2) is 5.11 Å². The molecule has 1 unspecified atom stereocenters. The molecule has 2 rings (SSSR count). The van der Waals surface area contributed by atoms with Gasteiger partial charge in [0.25, 0.3) is 0 Å². The van der Waals surface area contributed by atoms with E-state index in [1.54, 1.807) is 6.07 Å². The van der Waals surface area contributed by atoms with E-state index in [4.69, 9.17) is 0 Å². The van der Waals surface area contributed by atoms with Crippen LogP contribution in [0.5, 0.6) is 0 Å². The van der Waals surface area contributed by atoms with Crippen LogP contribution >= 0.6 is 15.9 Å². The van der Waals surface area contributed by atoms with Gasteiger partial charge in [-0.3, -0.25) is 0 Å². The van der Waals surface area contributed by atoms with Gasteiger partial charge >= 0.3 is 0 Å². The molecule has 1 N–H and O–H groups in total. The van der Waals surface area contributed by atoms with Crippen LogP contribution in [0.3, 0.4) is 0 Å². The average Bonchev–Trinajstić information content (AvgIpc) is 2.32. The molecule has 0 aliphatic rings. The fourth-order valence-electron chi connectivity index (χ4n) is 1.97. The summed E-state index contributed by atoms with van der Waals surface area (Å²) in [5.41, 5.74) is 2.60. The van der Waals surface area contributed by atoms with E-state index < -0.39 is 6.10 Å². The summed E-state index contributed by atoms with van der Waals surface area (Å²) in [4.78, 5) is 0. The predicted molar refractivity (Wildman–Crippen MR) is 73.9 cm³/mol. The summed E-state index contributed by atoms with van der Waals surface area (Å²) in [6.07, 6.45) is -0.0773. The largest absolute Gasteiger partial charge is 0.388 e. The van der Waals surface area contributed by atoms with E-state index in [-0.39, 0.29) is 5.82 Å². The van der Waals surface area contributed by atoms with Gasteiger partial charge in [0.15, 0.2) is 0 Å². The summed E-state index contributed by atoms with van der Waals surface area (Å²) < 4.78 is 14.0. The smallest absolute Gasteiger partial charge is 0.123 e. The molecule has 0 aromatic heterocycles. The Morgan fingerprint density at radius 2 is 1.83 bits per heavy atom. The molecule has 0 saturated heterocycles. The van der Waals surface area contributed by atoms with Crippen LogP contribution in [0.1, 0.15) is 22.8 Å². The van der Waals surface area contributed by atoms with Gasteiger partial charge < -0.3 is 5.11 Å². The van der Waals surface area contributed by atoms with E-state index in [9.17, 15) is 9.50 Å². The third kappa shape index (κ3) is 3.18. The van der Waals surface area contributed by atoms with Gasteiger partial charge in [0, 0.05) is 10.9 Å². The normalized spacial score (nSPS) is 12.4. The van der Waals surface area contributed by atoms with Gasteiger partial charge in [-0.2, -0.15) is 0 Å². The highest BCUT2D eigenvalue weighted by atomic mass is 79.9. The molecule has 94 valence electrons. The maximum absolute atomic E-state index is 13.0. The minimum absolute atomic E-state index is 0.271. The lowest BCUT2D eigenvalue weighted by molar-refractivity contribution is 0.177. The number of aliphatic hydroxyl groups excluding tert-OH is 1. The Labute approximate surface area is 114 Å². The molecule has 18 heavy (non-hydrogen) atoms. The topological polar surface area (TPSA) is 20.2 Å². The Morgan fingerprint density at radius 3 is 2.44 bits per heavy atom. The molecule has 1 atom stereocenters. The molecule has 0 bridgehead atoms. The number of benzene rings is 2. The quantitative estimate of drug-likeness (QED) is 0.902. The second-order valence-electron chi connectivity index (χ2n) is 4.35. The summed E-state index contributed by atoms with van der Waals surface area (Å²) in [6.45, 7) is 1.81. The zero-order chi connectivity index (χ0) is 13.1. The van der Waals surface area contributed by atoms with Crippen molar-refractivity contribution in [1.29, 1.82) is 0 Å². The van der Waals surface area contributed by atoms with Crippen molar-refractivity contribution in [3.63, 3.8) is 0 Å². The maximum Gasteiger partial charge on any atom is 0.123 e. The van der Waals surface area contributed by atoms with E-state index in [2.05, 4.69) is 15.9 Å². The van der Waals surface area contributed by atoms with Crippen LogP contribution in [0.4, 0.5) is 4.39 Å². The highest BCUT2D eigenvalue weighted by Crippen LogP contribution is 2.23. The van der Waals surface area contributed by atoms with Gasteiger partial charge in [0.1, 0.15) is 5.82 Å².